The Hall–Kier alpha value is -1.66. The van der Waals surface area contributed by atoms with E-state index in [1.165, 1.54) is 398 Å². The second kappa shape index (κ2) is 80.8. The van der Waals surface area contributed by atoms with E-state index in [0.29, 0.717) is 25.9 Å². The van der Waals surface area contributed by atoms with Gasteiger partial charge in [0.2, 0.25) is 5.91 Å². The predicted molar refractivity (Wildman–Crippen MR) is 403 cm³/mol. The Labute approximate surface area is 571 Å². The number of hydrogen-bond acceptors (Lipinski definition) is 5. The summed E-state index contributed by atoms with van der Waals surface area (Å²) in [5.74, 6) is -0.0127. The van der Waals surface area contributed by atoms with E-state index in [2.05, 4.69) is 43.5 Å². The molecule has 0 saturated carbocycles. The van der Waals surface area contributed by atoms with Crippen molar-refractivity contribution >= 4 is 11.9 Å². The Morgan fingerprint density at radius 3 is 0.846 bits per heavy atom. The van der Waals surface area contributed by atoms with E-state index in [1.807, 2.05) is 0 Å². The van der Waals surface area contributed by atoms with Crippen LogP contribution in [0, 0.1) is 0 Å². The number of aliphatic hydroxyl groups excluding tert-OH is 2. The zero-order valence-electron chi connectivity index (χ0n) is 62.1. The van der Waals surface area contributed by atoms with Crippen LogP contribution in [0.2, 0.25) is 0 Å². The van der Waals surface area contributed by atoms with Crippen LogP contribution in [0.15, 0.2) is 24.3 Å². The van der Waals surface area contributed by atoms with Gasteiger partial charge in [0.05, 0.1) is 25.4 Å². The van der Waals surface area contributed by atoms with Crippen molar-refractivity contribution in [2.24, 2.45) is 0 Å². The van der Waals surface area contributed by atoms with Crippen molar-refractivity contribution in [1.82, 2.24) is 5.32 Å². The first kappa shape index (κ1) is 89.3. The summed E-state index contributed by atoms with van der Waals surface area (Å²) in [6, 6.07) is -0.538. The molecule has 0 aromatic carbocycles. The second-order valence-corrected chi connectivity index (χ2v) is 29.2. The zero-order valence-corrected chi connectivity index (χ0v) is 62.1. The molecule has 2 atom stereocenters. The molecule has 0 fully saturated rings. The average molecular weight is 1280 g/mol. The smallest absolute Gasteiger partial charge is 0.305 e. The maximum absolute atomic E-state index is 12.6. The molecular formula is C85H165NO5. The lowest BCUT2D eigenvalue weighted by atomic mass is 10.0. The minimum Gasteiger partial charge on any atom is -0.466 e. The highest BCUT2D eigenvalue weighted by Gasteiger charge is 2.20. The predicted octanol–water partition coefficient (Wildman–Crippen LogP) is 28.0. The van der Waals surface area contributed by atoms with Crippen molar-refractivity contribution in [2.75, 3.05) is 13.2 Å². The molecule has 6 heteroatoms. The van der Waals surface area contributed by atoms with Gasteiger partial charge < -0.3 is 20.3 Å². The summed E-state index contributed by atoms with van der Waals surface area (Å²) in [6.07, 6.45) is 104. The fraction of sp³-hybridized carbons (Fsp3) is 0.929. The van der Waals surface area contributed by atoms with Crippen LogP contribution in [0.5, 0.6) is 0 Å². The second-order valence-electron chi connectivity index (χ2n) is 29.2. The van der Waals surface area contributed by atoms with Gasteiger partial charge in [-0.25, -0.2) is 0 Å². The topological polar surface area (TPSA) is 95.9 Å². The molecule has 3 N–H and O–H groups in total. The molecule has 1 amide bonds. The summed E-state index contributed by atoms with van der Waals surface area (Å²) >= 11 is 0. The van der Waals surface area contributed by atoms with Gasteiger partial charge in [0, 0.05) is 12.8 Å². The zero-order chi connectivity index (χ0) is 65.6. The van der Waals surface area contributed by atoms with Gasteiger partial charge in [0.1, 0.15) is 0 Å². The van der Waals surface area contributed by atoms with Gasteiger partial charge in [-0.15, -0.1) is 0 Å². The number of esters is 1. The number of amides is 1. The molecule has 0 aromatic heterocycles. The maximum atomic E-state index is 12.6. The van der Waals surface area contributed by atoms with E-state index in [-0.39, 0.29) is 18.5 Å². The molecule has 91 heavy (non-hydrogen) atoms. The highest BCUT2D eigenvalue weighted by Crippen LogP contribution is 2.21. The Bertz CT molecular complexity index is 1430. The molecule has 0 radical (unpaired) electrons. The highest BCUT2D eigenvalue weighted by molar-refractivity contribution is 5.76. The standard InChI is InChI=1S/C85H165NO5/c1-3-5-7-9-11-13-15-17-19-21-22-40-43-46-49-53-57-61-65-69-73-77-83(88)82(81-87)86-84(89)78-74-70-66-62-58-54-50-47-44-41-38-36-34-32-30-28-26-24-23-25-27-29-31-33-35-37-39-42-45-48-52-56-60-64-68-72-76-80-91-85(90)79-75-71-67-63-59-55-51-20-18-16-14-12-10-8-6-4-2/h14,16,20,51,82-83,87-88H,3-13,15,17-19,21-50,52-81H2,1-2H3,(H,86,89)/b16-14-,51-20-. The van der Waals surface area contributed by atoms with Crippen LogP contribution in [-0.2, 0) is 14.3 Å². The van der Waals surface area contributed by atoms with Gasteiger partial charge >= 0.3 is 5.97 Å². The lowest BCUT2D eigenvalue weighted by Crippen LogP contribution is -2.45. The molecule has 0 aliphatic carbocycles. The number of ether oxygens (including phenoxy) is 1. The summed E-state index contributed by atoms with van der Waals surface area (Å²) < 4.78 is 5.50. The number of unbranched alkanes of at least 4 members (excludes halogenated alkanes) is 65. The third kappa shape index (κ3) is 77.2. The van der Waals surface area contributed by atoms with E-state index in [4.69, 9.17) is 4.74 Å². The van der Waals surface area contributed by atoms with Crippen molar-refractivity contribution < 1.29 is 24.5 Å². The molecule has 6 nitrogen and oxygen atoms in total. The van der Waals surface area contributed by atoms with E-state index in [9.17, 15) is 19.8 Å². The van der Waals surface area contributed by atoms with Gasteiger partial charge in [-0.05, 0) is 57.8 Å². The van der Waals surface area contributed by atoms with Gasteiger partial charge in [-0.2, -0.15) is 0 Å². The SMILES string of the molecule is CCCCCC/C=C\C/C=C\CCCCCCCC(=O)OCCCCCCCCCCCCCCCCCCCCCCCCCCCCCCCCCCCCCCCC(=O)NC(CO)C(O)CCCCCCCCCCCCCCCCCCCCCCC. The van der Waals surface area contributed by atoms with Gasteiger partial charge in [-0.1, -0.05) is 436 Å². The third-order valence-electron chi connectivity index (χ3n) is 20.0. The van der Waals surface area contributed by atoms with Crippen LogP contribution in [0.1, 0.15) is 483 Å². The molecule has 540 valence electrons. The Morgan fingerprint density at radius 1 is 0.308 bits per heavy atom. The molecule has 0 aliphatic rings. The highest BCUT2D eigenvalue weighted by atomic mass is 16.5. The summed E-state index contributed by atoms with van der Waals surface area (Å²) in [5, 5.41) is 23.5. The molecule has 0 rings (SSSR count). The van der Waals surface area contributed by atoms with Crippen LogP contribution in [0.25, 0.3) is 0 Å². The number of hydrogen-bond donors (Lipinski definition) is 3. The molecule has 0 heterocycles. The first-order valence-electron chi connectivity index (χ1n) is 42.1. The Balaban J connectivity index is 3.31. The first-order chi connectivity index (χ1) is 45.0. The van der Waals surface area contributed by atoms with Crippen molar-refractivity contribution in [3.63, 3.8) is 0 Å². The van der Waals surface area contributed by atoms with Crippen LogP contribution in [0.4, 0.5) is 0 Å². The quantitative estimate of drug-likeness (QED) is 0.0320. The summed E-state index contributed by atoms with van der Waals surface area (Å²) in [5.41, 5.74) is 0. The van der Waals surface area contributed by atoms with Crippen LogP contribution < -0.4 is 5.32 Å². The van der Waals surface area contributed by atoms with Crippen molar-refractivity contribution in [2.45, 2.75) is 495 Å². The largest absolute Gasteiger partial charge is 0.466 e. The molecular weight excluding hydrogens is 1110 g/mol. The summed E-state index contributed by atoms with van der Waals surface area (Å²) in [7, 11) is 0. The molecule has 0 spiro atoms. The van der Waals surface area contributed by atoms with E-state index >= 15 is 0 Å². The van der Waals surface area contributed by atoms with Crippen LogP contribution >= 0.6 is 0 Å². The van der Waals surface area contributed by atoms with Crippen molar-refractivity contribution in [3.8, 4) is 0 Å². The normalized spacial score (nSPS) is 12.5. The molecule has 0 bridgehead atoms. The van der Waals surface area contributed by atoms with E-state index < -0.39 is 12.1 Å². The van der Waals surface area contributed by atoms with Gasteiger partial charge in [0.15, 0.2) is 0 Å². The summed E-state index contributed by atoms with van der Waals surface area (Å²) in [4.78, 5) is 24.7. The van der Waals surface area contributed by atoms with Crippen molar-refractivity contribution in [3.05, 3.63) is 24.3 Å². The number of carbonyl (C=O) groups excluding carboxylic acids is 2. The lowest BCUT2D eigenvalue weighted by Gasteiger charge is -2.22. The van der Waals surface area contributed by atoms with Crippen molar-refractivity contribution in [1.29, 1.82) is 0 Å². The average Bonchev–Trinajstić information content (AvgIpc) is 3.66. The monoisotopic (exact) mass is 1280 g/mol. The number of nitrogens with one attached hydrogen (secondary N) is 1. The molecule has 0 aliphatic heterocycles. The third-order valence-corrected chi connectivity index (χ3v) is 20.0. The minimum atomic E-state index is -0.661. The fourth-order valence-corrected chi connectivity index (χ4v) is 13.6. The van der Waals surface area contributed by atoms with E-state index in [0.717, 1.165) is 51.4 Å². The number of carbonyl (C=O) groups is 2. The number of aliphatic hydroxyl groups is 2. The fourth-order valence-electron chi connectivity index (χ4n) is 13.6. The van der Waals surface area contributed by atoms with Crippen LogP contribution in [0.3, 0.4) is 0 Å². The molecule has 2 unspecified atom stereocenters. The Kier molecular flexibility index (Phi) is 79.3. The van der Waals surface area contributed by atoms with Gasteiger partial charge in [-0.3, -0.25) is 9.59 Å². The summed E-state index contributed by atoms with van der Waals surface area (Å²) in [6.45, 7) is 4.99. The maximum Gasteiger partial charge on any atom is 0.305 e. The lowest BCUT2D eigenvalue weighted by molar-refractivity contribution is -0.143. The first-order valence-corrected chi connectivity index (χ1v) is 42.1. The minimum absolute atomic E-state index is 0.0109. The number of rotatable bonds is 80. The Morgan fingerprint density at radius 2 is 0.549 bits per heavy atom. The van der Waals surface area contributed by atoms with Crippen LogP contribution in [-0.4, -0.2) is 47.4 Å². The number of allylic oxidation sites excluding steroid dienone is 4. The molecule has 0 aromatic rings. The molecule has 0 saturated heterocycles. The van der Waals surface area contributed by atoms with Gasteiger partial charge in [0.25, 0.3) is 0 Å². The van der Waals surface area contributed by atoms with E-state index in [1.54, 1.807) is 0 Å².